The van der Waals surface area contributed by atoms with Crippen molar-refractivity contribution in [1.29, 1.82) is 0 Å². The molecule has 23 heavy (non-hydrogen) atoms. The Bertz CT molecular complexity index is 920. The molecular formula is C16H15BrN4OS. The van der Waals surface area contributed by atoms with Crippen molar-refractivity contribution in [2.24, 2.45) is 5.10 Å². The zero-order chi connectivity index (χ0) is 16.6. The molecule has 0 aliphatic carbocycles. The zero-order valence-corrected chi connectivity index (χ0v) is 15.3. The van der Waals surface area contributed by atoms with Gasteiger partial charge in [0.15, 0.2) is 5.82 Å². The predicted octanol–water partition coefficient (Wildman–Crippen LogP) is 4.61. The number of thiophene rings is 1. The summed E-state index contributed by atoms with van der Waals surface area (Å²) in [5, 5.41) is 15.3. The third-order valence-electron chi connectivity index (χ3n) is 3.64. The van der Waals surface area contributed by atoms with Crippen molar-refractivity contribution in [2.45, 2.75) is 20.8 Å². The maximum atomic E-state index is 9.97. The maximum Gasteiger partial charge on any atom is 0.158 e. The highest BCUT2D eigenvalue weighted by Gasteiger charge is 2.12. The van der Waals surface area contributed by atoms with E-state index in [1.165, 1.54) is 11.2 Å². The summed E-state index contributed by atoms with van der Waals surface area (Å²) in [6, 6.07) is 5.24. The Hall–Kier alpha value is -1.99. The van der Waals surface area contributed by atoms with Gasteiger partial charge in [-0.25, -0.2) is 9.97 Å². The molecule has 0 aliphatic heterocycles. The van der Waals surface area contributed by atoms with Crippen LogP contribution < -0.4 is 5.43 Å². The van der Waals surface area contributed by atoms with Crippen molar-refractivity contribution < 1.29 is 5.11 Å². The van der Waals surface area contributed by atoms with Gasteiger partial charge in [-0.1, -0.05) is 15.9 Å². The molecule has 3 aromatic rings. The summed E-state index contributed by atoms with van der Waals surface area (Å²) in [4.78, 5) is 10.8. The number of nitrogens with zero attached hydrogens (tertiary/aromatic N) is 3. The number of rotatable bonds is 3. The number of anilines is 1. The molecule has 0 unspecified atom stereocenters. The average molecular weight is 391 g/mol. The Labute approximate surface area is 146 Å². The van der Waals surface area contributed by atoms with E-state index in [0.717, 1.165) is 20.3 Å². The van der Waals surface area contributed by atoms with Gasteiger partial charge in [0.1, 0.15) is 16.9 Å². The van der Waals surface area contributed by atoms with E-state index in [1.807, 2.05) is 13.0 Å². The summed E-state index contributed by atoms with van der Waals surface area (Å²) < 4.78 is 0.883. The molecule has 3 rings (SSSR count). The third kappa shape index (κ3) is 3.07. The number of aromatic hydroxyl groups is 1. The molecule has 0 amide bonds. The number of hydrazone groups is 1. The lowest BCUT2D eigenvalue weighted by atomic mass is 10.1. The van der Waals surface area contributed by atoms with E-state index in [1.54, 1.807) is 23.5 Å². The fourth-order valence-corrected chi connectivity index (χ4v) is 3.62. The number of hydrogen-bond donors (Lipinski definition) is 2. The number of phenolic OH excluding ortho intramolecular Hbond substituents is 1. The molecule has 0 atom stereocenters. The highest BCUT2D eigenvalue weighted by Crippen LogP contribution is 2.32. The van der Waals surface area contributed by atoms with Gasteiger partial charge in [-0.05, 0) is 44.5 Å². The predicted molar refractivity (Wildman–Crippen MR) is 98.5 cm³/mol. The quantitative estimate of drug-likeness (QED) is 0.505. The molecule has 0 spiro atoms. The highest BCUT2D eigenvalue weighted by atomic mass is 79.9. The van der Waals surface area contributed by atoms with E-state index >= 15 is 0 Å². The van der Waals surface area contributed by atoms with Crippen molar-refractivity contribution >= 4 is 49.0 Å². The number of aromatic nitrogens is 2. The standard InChI is InChI=1S/C16H15BrN4OS/c1-8-10(3)23-16-14(8)15(18-7-19-16)21-20-9(2)12-6-11(17)4-5-13(12)22/h4-7,22H,1-3H3,(H,18,19,21)/b20-9+. The normalized spacial score (nSPS) is 11.9. The molecule has 2 heterocycles. The largest absolute Gasteiger partial charge is 0.507 e. The number of nitrogens with one attached hydrogen (secondary N) is 1. The van der Waals surface area contributed by atoms with Crippen molar-refractivity contribution in [3.05, 3.63) is 45.0 Å². The van der Waals surface area contributed by atoms with Crippen molar-refractivity contribution in [3.8, 4) is 5.75 Å². The number of hydrogen-bond acceptors (Lipinski definition) is 6. The monoisotopic (exact) mass is 390 g/mol. The van der Waals surface area contributed by atoms with Gasteiger partial charge in [-0.3, -0.25) is 5.43 Å². The molecule has 7 heteroatoms. The minimum atomic E-state index is 0.187. The molecule has 0 saturated carbocycles. The first kappa shape index (κ1) is 15.9. The third-order valence-corrected chi connectivity index (χ3v) is 5.25. The number of halogens is 1. The molecule has 0 saturated heterocycles. The maximum absolute atomic E-state index is 9.97. The molecule has 1 aromatic carbocycles. The van der Waals surface area contributed by atoms with E-state index in [2.05, 4.69) is 50.3 Å². The molecule has 2 N–H and O–H groups in total. The van der Waals surface area contributed by atoms with Crippen LogP contribution in [0, 0.1) is 13.8 Å². The minimum absolute atomic E-state index is 0.187. The number of phenols is 1. The van der Waals surface area contributed by atoms with Crippen LogP contribution in [-0.4, -0.2) is 20.8 Å². The number of fused-ring (bicyclic) bond motifs is 1. The molecule has 5 nitrogen and oxygen atoms in total. The van der Waals surface area contributed by atoms with Crippen LogP contribution in [0.15, 0.2) is 34.1 Å². The fourth-order valence-electron chi connectivity index (χ4n) is 2.26. The molecule has 2 aromatic heterocycles. The Morgan fingerprint density at radius 1 is 1.30 bits per heavy atom. The second-order valence-electron chi connectivity index (χ2n) is 5.16. The Balaban J connectivity index is 1.98. The van der Waals surface area contributed by atoms with Crippen molar-refractivity contribution in [3.63, 3.8) is 0 Å². The lowest BCUT2D eigenvalue weighted by Gasteiger charge is -2.07. The summed E-state index contributed by atoms with van der Waals surface area (Å²) in [6.07, 6.45) is 1.53. The Kier molecular flexibility index (Phi) is 4.32. The van der Waals surface area contributed by atoms with Gasteiger partial charge in [-0.15, -0.1) is 11.3 Å². The van der Waals surface area contributed by atoms with E-state index in [9.17, 15) is 5.11 Å². The molecule has 118 valence electrons. The fraction of sp³-hybridized carbons (Fsp3) is 0.188. The number of benzene rings is 1. The Morgan fingerprint density at radius 3 is 2.87 bits per heavy atom. The van der Waals surface area contributed by atoms with E-state index < -0.39 is 0 Å². The summed E-state index contributed by atoms with van der Waals surface area (Å²) in [5.41, 5.74) is 5.49. The van der Waals surface area contributed by atoms with Crippen LogP contribution in [0.2, 0.25) is 0 Å². The topological polar surface area (TPSA) is 70.4 Å². The molecule has 0 bridgehead atoms. The second-order valence-corrected chi connectivity index (χ2v) is 7.28. The van der Waals surface area contributed by atoms with E-state index in [0.29, 0.717) is 17.1 Å². The second kappa shape index (κ2) is 6.25. The van der Waals surface area contributed by atoms with Gasteiger partial charge < -0.3 is 5.11 Å². The molecule has 0 fully saturated rings. The highest BCUT2D eigenvalue weighted by molar-refractivity contribution is 9.10. The first-order chi connectivity index (χ1) is 11.0. The summed E-state index contributed by atoms with van der Waals surface area (Å²) >= 11 is 5.04. The van der Waals surface area contributed by atoms with Crippen LogP contribution in [0.5, 0.6) is 5.75 Å². The van der Waals surface area contributed by atoms with Crippen LogP contribution >= 0.6 is 27.3 Å². The van der Waals surface area contributed by atoms with E-state index in [4.69, 9.17) is 0 Å². The van der Waals surface area contributed by atoms with E-state index in [-0.39, 0.29) is 5.75 Å². The zero-order valence-electron chi connectivity index (χ0n) is 12.9. The average Bonchev–Trinajstić information content (AvgIpc) is 2.82. The lowest BCUT2D eigenvalue weighted by molar-refractivity contribution is 0.474. The molecular weight excluding hydrogens is 376 g/mol. The number of aryl methyl sites for hydroxylation is 2. The molecule has 0 radical (unpaired) electrons. The SMILES string of the molecule is C/C(=N\Nc1ncnc2sc(C)c(C)c12)c1cc(Br)ccc1O. The van der Waals surface area contributed by atoms with Gasteiger partial charge in [0.25, 0.3) is 0 Å². The first-order valence-electron chi connectivity index (χ1n) is 6.97. The van der Waals surface area contributed by atoms with Crippen molar-refractivity contribution in [1.82, 2.24) is 9.97 Å². The molecule has 0 aliphatic rings. The Morgan fingerprint density at radius 2 is 2.09 bits per heavy atom. The summed E-state index contributed by atoms with van der Waals surface area (Å²) in [5.74, 6) is 0.859. The van der Waals surface area contributed by atoms with Crippen LogP contribution in [0.3, 0.4) is 0 Å². The van der Waals surface area contributed by atoms with Crippen LogP contribution in [-0.2, 0) is 0 Å². The first-order valence-corrected chi connectivity index (χ1v) is 8.58. The van der Waals surface area contributed by atoms with Gasteiger partial charge >= 0.3 is 0 Å². The van der Waals surface area contributed by atoms with Gasteiger partial charge in [0.05, 0.1) is 11.1 Å². The van der Waals surface area contributed by atoms with Gasteiger partial charge in [0, 0.05) is 14.9 Å². The van der Waals surface area contributed by atoms with Crippen LogP contribution in [0.4, 0.5) is 5.82 Å². The summed E-state index contributed by atoms with van der Waals surface area (Å²) in [6.45, 7) is 5.96. The summed E-state index contributed by atoms with van der Waals surface area (Å²) in [7, 11) is 0. The van der Waals surface area contributed by atoms with Crippen molar-refractivity contribution in [2.75, 3.05) is 5.43 Å². The lowest BCUT2D eigenvalue weighted by Crippen LogP contribution is -2.02. The minimum Gasteiger partial charge on any atom is -0.507 e. The smallest absolute Gasteiger partial charge is 0.158 e. The van der Waals surface area contributed by atoms with Gasteiger partial charge in [0.2, 0.25) is 0 Å². The van der Waals surface area contributed by atoms with Gasteiger partial charge in [-0.2, -0.15) is 5.10 Å². The van der Waals surface area contributed by atoms with Crippen LogP contribution in [0.1, 0.15) is 22.9 Å². The van der Waals surface area contributed by atoms with Crippen LogP contribution in [0.25, 0.3) is 10.2 Å².